The van der Waals surface area contributed by atoms with Crippen molar-refractivity contribution in [3.8, 4) is 0 Å². The molecule has 0 saturated heterocycles. The normalized spacial score (nSPS) is 12.9. The van der Waals surface area contributed by atoms with Crippen molar-refractivity contribution < 1.29 is 4.79 Å². The second-order valence-electron chi connectivity index (χ2n) is 6.34. The van der Waals surface area contributed by atoms with E-state index in [9.17, 15) is 4.79 Å². The van der Waals surface area contributed by atoms with Crippen LogP contribution in [0, 0.1) is 5.92 Å². The number of carbonyl (C=O) groups excluding carboxylic acids is 1. The predicted octanol–water partition coefficient (Wildman–Crippen LogP) is 4.75. The molecule has 21 heavy (non-hydrogen) atoms. The van der Waals surface area contributed by atoms with Crippen molar-refractivity contribution in [1.29, 1.82) is 0 Å². The van der Waals surface area contributed by atoms with E-state index in [1.54, 1.807) is 0 Å². The average molecular weight is 289 g/mol. The van der Waals surface area contributed by atoms with Gasteiger partial charge in [-0.2, -0.15) is 0 Å². The van der Waals surface area contributed by atoms with Gasteiger partial charge in [0.05, 0.1) is 0 Å². The highest BCUT2D eigenvalue weighted by Gasteiger charge is 2.13. The zero-order chi connectivity index (χ0) is 15.8. The van der Waals surface area contributed by atoms with Crippen LogP contribution in [0.4, 0.5) is 0 Å². The van der Waals surface area contributed by atoms with Crippen LogP contribution in [0.2, 0.25) is 0 Å². The van der Waals surface area contributed by atoms with Gasteiger partial charge in [-0.25, -0.2) is 0 Å². The smallest absolute Gasteiger partial charge is 0.165 e. The fourth-order valence-corrected chi connectivity index (χ4v) is 2.73. The summed E-state index contributed by atoms with van der Waals surface area (Å²) in [5.41, 5.74) is 2.20. The van der Waals surface area contributed by atoms with E-state index in [1.807, 2.05) is 26.0 Å². The van der Waals surface area contributed by atoms with E-state index in [0.29, 0.717) is 5.92 Å². The Hall–Kier alpha value is -1.15. The van der Waals surface area contributed by atoms with Crippen molar-refractivity contribution in [2.45, 2.75) is 52.9 Å². The van der Waals surface area contributed by atoms with E-state index in [4.69, 9.17) is 0 Å². The van der Waals surface area contributed by atoms with E-state index in [-0.39, 0.29) is 11.7 Å². The van der Waals surface area contributed by atoms with Gasteiger partial charge < -0.3 is 4.90 Å². The summed E-state index contributed by atoms with van der Waals surface area (Å²) in [6.45, 7) is 10.7. The quantitative estimate of drug-likeness (QED) is 0.611. The predicted molar refractivity (Wildman–Crippen MR) is 91.0 cm³/mol. The van der Waals surface area contributed by atoms with Crippen molar-refractivity contribution in [1.82, 2.24) is 4.90 Å². The van der Waals surface area contributed by atoms with E-state index >= 15 is 0 Å². The minimum Gasteiger partial charge on any atom is -0.306 e. The van der Waals surface area contributed by atoms with Crippen molar-refractivity contribution in [3.63, 3.8) is 0 Å². The summed E-state index contributed by atoms with van der Waals surface area (Å²) in [4.78, 5) is 14.4. The summed E-state index contributed by atoms with van der Waals surface area (Å²) < 4.78 is 0. The third-order valence-corrected chi connectivity index (χ3v) is 4.15. The second-order valence-corrected chi connectivity index (χ2v) is 6.34. The van der Waals surface area contributed by atoms with Crippen LogP contribution in [0.3, 0.4) is 0 Å². The van der Waals surface area contributed by atoms with Gasteiger partial charge in [-0.05, 0) is 50.9 Å². The van der Waals surface area contributed by atoms with E-state index in [0.717, 1.165) is 25.1 Å². The average Bonchev–Trinajstić information content (AvgIpc) is 2.48. The van der Waals surface area contributed by atoms with Crippen LogP contribution in [0.1, 0.15) is 68.8 Å². The van der Waals surface area contributed by atoms with Crippen molar-refractivity contribution in [2.75, 3.05) is 20.1 Å². The maximum atomic E-state index is 12.0. The van der Waals surface area contributed by atoms with Crippen molar-refractivity contribution in [2.24, 2.45) is 5.92 Å². The molecule has 118 valence electrons. The van der Waals surface area contributed by atoms with Gasteiger partial charge in [0, 0.05) is 11.5 Å². The molecule has 0 N–H and O–H groups in total. The molecule has 1 unspecified atom stereocenters. The van der Waals surface area contributed by atoms with Crippen molar-refractivity contribution >= 4 is 5.78 Å². The van der Waals surface area contributed by atoms with Crippen LogP contribution in [0.15, 0.2) is 24.3 Å². The molecule has 0 aliphatic heterocycles. The van der Waals surface area contributed by atoms with Gasteiger partial charge in [0.2, 0.25) is 0 Å². The SMILES string of the molecule is CCCN(C)CCC(CC)c1ccc(C(=O)C(C)C)cc1. The fourth-order valence-electron chi connectivity index (χ4n) is 2.73. The maximum Gasteiger partial charge on any atom is 0.165 e. The molecule has 0 fully saturated rings. The second kappa shape index (κ2) is 8.99. The van der Waals surface area contributed by atoms with Gasteiger partial charge in [-0.15, -0.1) is 0 Å². The lowest BCUT2D eigenvalue weighted by molar-refractivity contribution is 0.0939. The fraction of sp³-hybridized carbons (Fsp3) is 0.632. The molecule has 2 heteroatoms. The first-order valence-electron chi connectivity index (χ1n) is 8.32. The highest BCUT2D eigenvalue weighted by molar-refractivity contribution is 5.97. The zero-order valence-electron chi connectivity index (χ0n) is 14.4. The third kappa shape index (κ3) is 5.62. The van der Waals surface area contributed by atoms with Crippen LogP contribution >= 0.6 is 0 Å². The molecular weight excluding hydrogens is 258 g/mol. The molecule has 0 heterocycles. The molecule has 0 amide bonds. The molecule has 0 aliphatic rings. The van der Waals surface area contributed by atoms with Gasteiger partial charge in [-0.1, -0.05) is 52.0 Å². The summed E-state index contributed by atoms with van der Waals surface area (Å²) in [6, 6.07) is 8.28. The number of carbonyl (C=O) groups is 1. The Morgan fingerprint density at radius 1 is 1.10 bits per heavy atom. The lowest BCUT2D eigenvalue weighted by atomic mass is 9.91. The highest BCUT2D eigenvalue weighted by Crippen LogP contribution is 2.24. The van der Waals surface area contributed by atoms with Crippen LogP contribution in [-0.4, -0.2) is 30.8 Å². The molecule has 1 rings (SSSR count). The number of ketones is 1. The Kier molecular flexibility index (Phi) is 7.66. The molecular formula is C19H31NO. The third-order valence-electron chi connectivity index (χ3n) is 4.15. The van der Waals surface area contributed by atoms with Gasteiger partial charge in [-0.3, -0.25) is 4.79 Å². The lowest BCUT2D eigenvalue weighted by Gasteiger charge is -2.21. The molecule has 1 aromatic carbocycles. The van der Waals surface area contributed by atoms with E-state index in [2.05, 4.69) is 37.9 Å². The number of benzene rings is 1. The van der Waals surface area contributed by atoms with Crippen LogP contribution < -0.4 is 0 Å². The summed E-state index contributed by atoms with van der Waals surface area (Å²) in [5, 5.41) is 0. The van der Waals surface area contributed by atoms with Crippen LogP contribution in [0.25, 0.3) is 0 Å². The molecule has 0 radical (unpaired) electrons. The molecule has 0 spiro atoms. The molecule has 0 bridgehead atoms. The zero-order valence-corrected chi connectivity index (χ0v) is 14.4. The van der Waals surface area contributed by atoms with Gasteiger partial charge in [0.25, 0.3) is 0 Å². The minimum absolute atomic E-state index is 0.0699. The summed E-state index contributed by atoms with van der Waals surface area (Å²) in [5.74, 6) is 0.894. The van der Waals surface area contributed by atoms with E-state index in [1.165, 1.54) is 18.4 Å². The molecule has 0 saturated carbocycles. The largest absolute Gasteiger partial charge is 0.306 e. The Morgan fingerprint density at radius 2 is 1.71 bits per heavy atom. The molecule has 1 aromatic rings. The van der Waals surface area contributed by atoms with Gasteiger partial charge >= 0.3 is 0 Å². The first-order chi connectivity index (χ1) is 9.99. The minimum atomic E-state index is 0.0699. The van der Waals surface area contributed by atoms with Gasteiger partial charge in [0.1, 0.15) is 0 Å². The number of hydrogen-bond donors (Lipinski definition) is 0. The number of nitrogens with zero attached hydrogens (tertiary/aromatic N) is 1. The number of Topliss-reactive ketones (excluding diaryl/α,β-unsaturated/α-hetero) is 1. The number of hydrogen-bond acceptors (Lipinski definition) is 2. The first-order valence-corrected chi connectivity index (χ1v) is 8.32. The first kappa shape index (κ1) is 17.9. The standard InChI is InChI=1S/C19H31NO/c1-6-13-20(5)14-12-16(7-2)17-8-10-18(11-9-17)19(21)15(3)4/h8-11,15-16H,6-7,12-14H2,1-5H3. The Labute approximate surface area is 130 Å². The van der Waals surface area contributed by atoms with Crippen molar-refractivity contribution in [3.05, 3.63) is 35.4 Å². The molecule has 1 atom stereocenters. The maximum absolute atomic E-state index is 12.0. The topological polar surface area (TPSA) is 20.3 Å². The lowest BCUT2D eigenvalue weighted by Crippen LogP contribution is -2.22. The Bertz CT molecular complexity index is 422. The summed E-state index contributed by atoms with van der Waals surface area (Å²) in [6.07, 6.45) is 3.54. The monoisotopic (exact) mass is 289 g/mol. The van der Waals surface area contributed by atoms with Gasteiger partial charge in [0.15, 0.2) is 5.78 Å². The summed E-state index contributed by atoms with van der Waals surface area (Å²) in [7, 11) is 2.20. The van der Waals surface area contributed by atoms with Crippen LogP contribution in [-0.2, 0) is 0 Å². The van der Waals surface area contributed by atoms with Crippen LogP contribution in [0.5, 0.6) is 0 Å². The molecule has 0 aromatic heterocycles. The Balaban J connectivity index is 2.67. The molecule has 0 aliphatic carbocycles. The Morgan fingerprint density at radius 3 is 2.19 bits per heavy atom. The summed E-state index contributed by atoms with van der Waals surface area (Å²) >= 11 is 0. The number of rotatable bonds is 9. The van der Waals surface area contributed by atoms with E-state index < -0.39 is 0 Å². The highest BCUT2D eigenvalue weighted by atomic mass is 16.1. The molecule has 2 nitrogen and oxygen atoms in total.